The Morgan fingerprint density at radius 2 is 1.77 bits per heavy atom. The Balaban J connectivity index is 1.28. The lowest BCUT2D eigenvalue weighted by Crippen LogP contribution is -2.18. The van der Waals surface area contributed by atoms with Crippen LogP contribution in [-0.2, 0) is 6.54 Å². The summed E-state index contributed by atoms with van der Waals surface area (Å²) in [6.45, 7) is 3.29. The van der Waals surface area contributed by atoms with Crippen molar-refractivity contribution in [3.63, 3.8) is 0 Å². The maximum Gasteiger partial charge on any atom is 0.181 e. The molecular weight excluding hydrogens is 454 g/mol. The molecule has 0 spiro atoms. The second-order valence-electron chi connectivity index (χ2n) is 9.10. The van der Waals surface area contributed by atoms with Gasteiger partial charge in [0.15, 0.2) is 5.65 Å². The van der Waals surface area contributed by atoms with E-state index in [1.54, 1.807) is 11.3 Å². The molecule has 7 heterocycles. The highest BCUT2D eigenvalue weighted by Crippen LogP contribution is 2.35. The van der Waals surface area contributed by atoms with Crippen LogP contribution in [0.25, 0.3) is 55.6 Å². The average molecular weight is 478 g/mol. The minimum Gasteiger partial charge on any atom is -0.352 e. The van der Waals surface area contributed by atoms with Gasteiger partial charge in [-0.15, -0.1) is 0 Å². The van der Waals surface area contributed by atoms with E-state index in [9.17, 15) is 0 Å². The first kappa shape index (κ1) is 20.5. The van der Waals surface area contributed by atoms with E-state index in [-0.39, 0.29) is 0 Å². The topological polar surface area (TPSA) is 86.4 Å². The van der Waals surface area contributed by atoms with E-state index in [0.29, 0.717) is 5.65 Å². The quantitative estimate of drug-likeness (QED) is 0.323. The van der Waals surface area contributed by atoms with Crippen LogP contribution in [0.3, 0.4) is 0 Å². The predicted molar refractivity (Wildman–Crippen MR) is 140 cm³/mol. The minimum atomic E-state index is 0.694. The smallest absolute Gasteiger partial charge is 0.181 e. The van der Waals surface area contributed by atoms with Crippen molar-refractivity contribution in [3.8, 4) is 33.6 Å². The molecule has 1 aliphatic heterocycles. The lowest BCUT2D eigenvalue weighted by Gasteiger charge is -2.14. The van der Waals surface area contributed by atoms with Crippen molar-refractivity contribution in [3.05, 3.63) is 71.6 Å². The Morgan fingerprint density at radius 3 is 2.66 bits per heavy atom. The van der Waals surface area contributed by atoms with Gasteiger partial charge in [-0.3, -0.25) is 20.0 Å². The summed E-state index contributed by atoms with van der Waals surface area (Å²) in [4.78, 5) is 19.6. The van der Waals surface area contributed by atoms with Crippen molar-refractivity contribution < 1.29 is 0 Å². The third-order valence-electron chi connectivity index (χ3n) is 6.79. The van der Waals surface area contributed by atoms with Gasteiger partial charge in [0.1, 0.15) is 0 Å². The van der Waals surface area contributed by atoms with Gasteiger partial charge in [-0.1, -0.05) is 0 Å². The maximum absolute atomic E-state index is 4.64. The summed E-state index contributed by atoms with van der Waals surface area (Å²) in [5.41, 5.74) is 9.22. The van der Waals surface area contributed by atoms with Crippen LogP contribution in [0.4, 0.5) is 0 Å². The van der Waals surface area contributed by atoms with Crippen LogP contribution < -0.4 is 0 Å². The molecular formula is C27H23N7S. The molecule has 1 aliphatic rings. The monoisotopic (exact) mass is 477 g/mol. The third kappa shape index (κ3) is 3.71. The van der Waals surface area contributed by atoms with Crippen molar-refractivity contribution in [2.75, 3.05) is 13.1 Å². The summed E-state index contributed by atoms with van der Waals surface area (Å²) in [6, 6.07) is 8.68. The molecule has 6 aromatic heterocycles. The molecule has 7 rings (SSSR count). The molecule has 172 valence electrons. The number of hydrogen-bond acceptors (Lipinski definition) is 6. The highest BCUT2D eigenvalue weighted by molar-refractivity contribution is 7.08. The van der Waals surface area contributed by atoms with Gasteiger partial charge in [0.2, 0.25) is 0 Å². The number of rotatable bonds is 5. The highest BCUT2D eigenvalue weighted by Gasteiger charge is 2.16. The number of aromatic nitrogens is 6. The summed E-state index contributed by atoms with van der Waals surface area (Å²) >= 11 is 1.69. The predicted octanol–water partition coefficient (Wildman–Crippen LogP) is 5.89. The molecule has 1 fully saturated rings. The number of pyridine rings is 3. The fraction of sp³-hybridized carbons (Fsp3) is 0.185. The Labute approximate surface area is 205 Å². The molecule has 0 amide bonds. The van der Waals surface area contributed by atoms with Crippen molar-refractivity contribution in [1.82, 2.24) is 35.0 Å². The lowest BCUT2D eigenvalue weighted by molar-refractivity contribution is 0.331. The standard InChI is InChI=1S/C27H23N7S/c1-2-5-34(4-1)15-17-7-19(11-28-10-17)20-8-22-26(32-33-27(22)30-12-20)24-9-21-23(18-3-6-35-16-18)13-29-14-25(21)31-24/h3,6-14,16,31H,1-2,4-5,15H2,(H,30,32,33). The molecule has 6 aromatic rings. The largest absolute Gasteiger partial charge is 0.352 e. The Hall–Kier alpha value is -3.88. The van der Waals surface area contributed by atoms with Gasteiger partial charge in [-0.05, 0) is 72.1 Å². The molecule has 2 N–H and O–H groups in total. The number of H-pyrrole nitrogens is 2. The first-order valence-corrected chi connectivity index (χ1v) is 12.8. The SMILES string of the molecule is c1cc(-c2cncc3[nH]c(-c4[nH]nc5ncc(-c6cncc(CN7CCCC7)c6)cc45)cc23)cs1. The lowest BCUT2D eigenvalue weighted by atomic mass is 10.1. The molecule has 8 heteroatoms. The molecule has 1 saturated heterocycles. The van der Waals surface area contributed by atoms with Gasteiger partial charge >= 0.3 is 0 Å². The third-order valence-corrected chi connectivity index (χ3v) is 7.47. The van der Waals surface area contributed by atoms with Crippen molar-refractivity contribution in [2.45, 2.75) is 19.4 Å². The molecule has 0 radical (unpaired) electrons. The van der Waals surface area contributed by atoms with Crippen LogP contribution >= 0.6 is 11.3 Å². The molecule has 0 bridgehead atoms. The number of fused-ring (bicyclic) bond motifs is 2. The fourth-order valence-corrected chi connectivity index (χ4v) is 5.68. The van der Waals surface area contributed by atoms with E-state index < -0.39 is 0 Å². The Bertz CT molecular complexity index is 1640. The Morgan fingerprint density at radius 1 is 0.886 bits per heavy atom. The zero-order valence-electron chi connectivity index (χ0n) is 19.0. The van der Waals surface area contributed by atoms with Gasteiger partial charge in [0.05, 0.1) is 23.1 Å². The van der Waals surface area contributed by atoms with E-state index in [1.165, 1.54) is 37.1 Å². The second-order valence-corrected chi connectivity index (χ2v) is 9.88. The van der Waals surface area contributed by atoms with Gasteiger partial charge in [-0.2, -0.15) is 16.4 Å². The van der Waals surface area contributed by atoms with Crippen molar-refractivity contribution in [1.29, 1.82) is 0 Å². The number of aromatic amines is 2. The molecule has 0 unspecified atom stereocenters. The molecule has 0 aromatic carbocycles. The van der Waals surface area contributed by atoms with Gasteiger partial charge < -0.3 is 4.98 Å². The first-order valence-electron chi connectivity index (χ1n) is 11.8. The normalized spacial score (nSPS) is 14.4. The average Bonchev–Trinajstić information content (AvgIpc) is 3.70. The van der Waals surface area contributed by atoms with Crippen LogP contribution in [0.2, 0.25) is 0 Å². The summed E-state index contributed by atoms with van der Waals surface area (Å²) < 4.78 is 0. The van der Waals surface area contributed by atoms with Crippen LogP contribution in [0.1, 0.15) is 18.4 Å². The summed E-state index contributed by atoms with van der Waals surface area (Å²) in [5.74, 6) is 0. The van der Waals surface area contributed by atoms with Crippen molar-refractivity contribution >= 4 is 33.3 Å². The number of nitrogens with zero attached hydrogens (tertiary/aromatic N) is 5. The van der Waals surface area contributed by atoms with Crippen LogP contribution in [0.15, 0.2) is 66.0 Å². The van der Waals surface area contributed by atoms with E-state index >= 15 is 0 Å². The molecule has 0 saturated carbocycles. The second kappa shape index (κ2) is 8.41. The number of hydrogen-bond donors (Lipinski definition) is 2. The number of thiophene rings is 1. The van der Waals surface area contributed by atoms with E-state index in [4.69, 9.17) is 0 Å². The van der Waals surface area contributed by atoms with E-state index in [1.807, 2.05) is 31.0 Å². The van der Waals surface area contributed by atoms with Crippen LogP contribution in [-0.4, -0.2) is 48.1 Å². The number of nitrogens with one attached hydrogen (secondary N) is 2. The molecule has 0 aliphatic carbocycles. The van der Waals surface area contributed by atoms with Gasteiger partial charge in [0, 0.05) is 58.8 Å². The van der Waals surface area contributed by atoms with E-state index in [2.05, 4.69) is 70.1 Å². The molecule has 35 heavy (non-hydrogen) atoms. The summed E-state index contributed by atoms with van der Waals surface area (Å²) in [6.07, 6.45) is 12.1. The van der Waals surface area contributed by atoms with Crippen LogP contribution in [0.5, 0.6) is 0 Å². The molecule has 7 nitrogen and oxygen atoms in total. The fourth-order valence-electron chi connectivity index (χ4n) is 5.03. The minimum absolute atomic E-state index is 0.694. The Kier molecular flexibility index (Phi) is 4.92. The maximum atomic E-state index is 4.64. The van der Waals surface area contributed by atoms with Gasteiger partial charge in [0.25, 0.3) is 0 Å². The zero-order chi connectivity index (χ0) is 23.2. The summed E-state index contributed by atoms with van der Waals surface area (Å²) in [7, 11) is 0. The van der Waals surface area contributed by atoms with Gasteiger partial charge in [-0.25, -0.2) is 4.98 Å². The zero-order valence-corrected chi connectivity index (χ0v) is 19.8. The molecule has 0 atom stereocenters. The van der Waals surface area contributed by atoms with E-state index in [0.717, 1.165) is 50.9 Å². The highest BCUT2D eigenvalue weighted by atomic mass is 32.1. The van der Waals surface area contributed by atoms with Crippen molar-refractivity contribution in [2.24, 2.45) is 0 Å². The summed E-state index contributed by atoms with van der Waals surface area (Å²) in [5, 5.41) is 14.0. The first-order chi connectivity index (χ1) is 17.3. The number of likely N-dealkylation sites (tertiary alicyclic amines) is 1. The van der Waals surface area contributed by atoms with Crippen LogP contribution in [0, 0.1) is 0 Å².